The molecule has 4 nitrogen and oxygen atoms in total. The molecular weight excluding hydrogens is 358 g/mol. The molecule has 0 radical (unpaired) electrons. The first-order valence-corrected chi connectivity index (χ1v) is 9.89. The summed E-state index contributed by atoms with van der Waals surface area (Å²) < 4.78 is 18.5. The Morgan fingerprint density at radius 2 is 1.59 bits per heavy atom. The van der Waals surface area contributed by atoms with Crippen LogP contribution in [0.25, 0.3) is 0 Å². The van der Waals surface area contributed by atoms with E-state index in [0.717, 1.165) is 22.5 Å². The number of nitrogens with one attached hydrogen (secondary N) is 1. The van der Waals surface area contributed by atoms with E-state index < -0.39 is 22.7 Å². The van der Waals surface area contributed by atoms with Crippen molar-refractivity contribution in [2.24, 2.45) is 0 Å². The molecule has 2 atom stereocenters. The number of carbonyl (C=O) groups is 1. The lowest BCUT2D eigenvalue weighted by Gasteiger charge is -2.31. The van der Waals surface area contributed by atoms with Crippen LogP contribution < -0.4 is 5.32 Å². The predicted octanol–water partition coefficient (Wildman–Crippen LogP) is 4.17. The van der Waals surface area contributed by atoms with Crippen LogP contribution in [-0.4, -0.2) is 17.3 Å². The molecule has 3 rings (SSSR count). The summed E-state index contributed by atoms with van der Waals surface area (Å²) in [7, 11) is -0.0502. The van der Waals surface area contributed by atoms with Gasteiger partial charge in [0.1, 0.15) is 0 Å². The molecule has 0 spiro atoms. The number of dihydropyridines is 1. The number of hydrogen-bond acceptors (Lipinski definition) is 4. The van der Waals surface area contributed by atoms with E-state index in [9.17, 15) is 9.00 Å². The van der Waals surface area contributed by atoms with Gasteiger partial charge in [0.15, 0.2) is 0 Å². The number of aryl methyl sites for hydroxylation is 1. The van der Waals surface area contributed by atoms with Crippen LogP contribution in [0.1, 0.15) is 30.9 Å². The number of esters is 1. The Hall–Kier alpha value is -2.66. The van der Waals surface area contributed by atoms with E-state index in [4.69, 9.17) is 4.74 Å². The molecule has 27 heavy (non-hydrogen) atoms. The Kier molecular flexibility index (Phi) is 5.61. The fourth-order valence-electron chi connectivity index (χ4n) is 3.35. The maximum Gasteiger partial charge on any atom is 0.336 e. The molecule has 0 bridgehead atoms. The third-order valence-electron chi connectivity index (χ3n) is 4.67. The van der Waals surface area contributed by atoms with Gasteiger partial charge in [0.2, 0.25) is 0 Å². The summed E-state index contributed by atoms with van der Waals surface area (Å²) in [6, 6.07) is 17.3. The molecule has 1 heterocycles. The molecule has 0 fully saturated rings. The molecule has 0 saturated heterocycles. The predicted molar refractivity (Wildman–Crippen MR) is 107 cm³/mol. The normalized spacial score (nSPS) is 18.1. The first kappa shape index (κ1) is 19.1. The van der Waals surface area contributed by atoms with Crippen LogP contribution in [0.2, 0.25) is 0 Å². The Morgan fingerprint density at radius 3 is 2.19 bits per heavy atom. The Bertz CT molecular complexity index is 943. The van der Waals surface area contributed by atoms with Crippen molar-refractivity contribution in [2.45, 2.75) is 31.6 Å². The molecule has 140 valence electrons. The van der Waals surface area contributed by atoms with Crippen molar-refractivity contribution in [1.82, 2.24) is 5.32 Å². The highest BCUT2D eigenvalue weighted by Crippen LogP contribution is 2.41. The summed E-state index contributed by atoms with van der Waals surface area (Å²) in [6.07, 6.45) is 0. The SMILES string of the molecule is COC(=O)C1=C(C)NC(C)=C([S@@](=O)c2ccc(C)cc2)[C@@H]1c1ccccc1. The second-order valence-corrected chi connectivity index (χ2v) is 8.02. The smallest absolute Gasteiger partial charge is 0.336 e. The summed E-state index contributed by atoms with van der Waals surface area (Å²) in [5.74, 6) is -0.846. The number of rotatable bonds is 4. The van der Waals surface area contributed by atoms with E-state index in [0.29, 0.717) is 15.4 Å². The molecule has 2 aromatic carbocycles. The molecule has 2 aromatic rings. The van der Waals surface area contributed by atoms with E-state index in [1.807, 2.05) is 75.4 Å². The van der Waals surface area contributed by atoms with Gasteiger partial charge >= 0.3 is 5.97 Å². The third kappa shape index (κ3) is 3.74. The van der Waals surface area contributed by atoms with Crippen molar-refractivity contribution < 1.29 is 13.7 Å². The third-order valence-corrected chi connectivity index (χ3v) is 6.31. The van der Waals surface area contributed by atoms with Crippen LogP contribution in [0.3, 0.4) is 0 Å². The molecule has 1 aliphatic rings. The van der Waals surface area contributed by atoms with Crippen LogP contribution in [0.15, 0.2) is 81.4 Å². The highest BCUT2D eigenvalue weighted by atomic mass is 32.2. The van der Waals surface area contributed by atoms with Gasteiger partial charge in [0, 0.05) is 16.3 Å². The van der Waals surface area contributed by atoms with E-state index in [-0.39, 0.29) is 0 Å². The average molecular weight is 381 g/mol. The molecule has 1 N–H and O–H groups in total. The van der Waals surface area contributed by atoms with Gasteiger partial charge in [-0.3, -0.25) is 0 Å². The van der Waals surface area contributed by atoms with E-state index in [2.05, 4.69) is 5.32 Å². The van der Waals surface area contributed by atoms with Crippen molar-refractivity contribution in [3.8, 4) is 0 Å². The Balaban J connectivity index is 2.17. The lowest BCUT2D eigenvalue weighted by Crippen LogP contribution is -2.30. The molecule has 0 unspecified atom stereocenters. The minimum atomic E-state index is -1.42. The number of methoxy groups -OCH3 is 1. The topological polar surface area (TPSA) is 55.4 Å². The fourth-order valence-corrected chi connectivity index (χ4v) is 4.79. The first-order chi connectivity index (χ1) is 12.9. The van der Waals surface area contributed by atoms with Gasteiger partial charge in [-0.2, -0.15) is 0 Å². The second-order valence-electron chi connectivity index (χ2n) is 6.57. The number of ether oxygens (including phenoxy) is 1. The van der Waals surface area contributed by atoms with Gasteiger partial charge in [-0.1, -0.05) is 48.0 Å². The number of benzene rings is 2. The first-order valence-electron chi connectivity index (χ1n) is 8.74. The van der Waals surface area contributed by atoms with Gasteiger partial charge in [0.05, 0.1) is 34.3 Å². The molecule has 0 saturated carbocycles. The van der Waals surface area contributed by atoms with Gasteiger partial charge in [-0.25, -0.2) is 9.00 Å². The zero-order chi connectivity index (χ0) is 19.6. The van der Waals surface area contributed by atoms with Gasteiger partial charge < -0.3 is 10.1 Å². The molecule has 0 amide bonds. The van der Waals surface area contributed by atoms with Gasteiger partial charge in [-0.05, 0) is 38.5 Å². The van der Waals surface area contributed by atoms with Crippen molar-refractivity contribution in [3.05, 3.63) is 87.6 Å². The minimum absolute atomic E-state index is 0.417. The standard InChI is InChI=1S/C22H23NO3S/c1-14-10-12-18(13-11-14)27(25)21-16(3)23-15(2)19(22(24)26-4)20(21)17-8-6-5-7-9-17/h5-13,20,23H,1-4H3/t20-,27+/m1/s1. The monoisotopic (exact) mass is 381 g/mol. The number of hydrogen-bond donors (Lipinski definition) is 1. The van der Waals surface area contributed by atoms with Gasteiger partial charge in [-0.15, -0.1) is 0 Å². The number of carbonyl (C=O) groups excluding carboxylic acids is 1. The van der Waals surface area contributed by atoms with Crippen molar-refractivity contribution in [2.75, 3.05) is 7.11 Å². The maximum absolute atomic E-state index is 13.5. The van der Waals surface area contributed by atoms with Crippen LogP contribution in [0.5, 0.6) is 0 Å². The summed E-state index contributed by atoms with van der Waals surface area (Å²) in [5, 5.41) is 3.22. The van der Waals surface area contributed by atoms with Gasteiger partial charge in [0.25, 0.3) is 0 Å². The van der Waals surface area contributed by atoms with Crippen molar-refractivity contribution in [1.29, 1.82) is 0 Å². The van der Waals surface area contributed by atoms with Crippen LogP contribution in [-0.2, 0) is 20.3 Å². The zero-order valence-corrected chi connectivity index (χ0v) is 16.7. The Morgan fingerprint density at radius 1 is 0.963 bits per heavy atom. The molecule has 5 heteroatoms. The minimum Gasteiger partial charge on any atom is -0.466 e. The maximum atomic E-state index is 13.5. The lowest BCUT2D eigenvalue weighted by molar-refractivity contribution is -0.136. The molecule has 0 aromatic heterocycles. The average Bonchev–Trinajstić information content (AvgIpc) is 2.67. The second kappa shape index (κ2) is 7.92. The highest BCUT2D eigenvalue weighted by molar-refractivity contribution is 7.89. The van der Waals surface area contributed by atoms with Crippen LogP contribution in [0, 0.1) is 6.92 Å². The van der Waals surface area contributed by atoms with Crippen molar-refractivity contribution in [3.63, 3.8) is 0 Å². The van der Waals surface area contributed by atoms with E-state index >= 15 is 0 Å². The summed E-state index contributed by atoms with van der Waals surface area (Å²) in [5.41, 5.74) is 4.03. The molecule has 0 aliphatic carbocycles. The summed E-state index contributed by atoms with van der Waals surface area (Å²) >= 11 is 0. The highest BCUT2D eigenvalue weighted by Gasteiger charge is 2.36. The molecular formula is C22H23NO3S. The van der Waals surface area contributed by atoms with Crippen LogP contribution in [0.4, 0.5) is 0 Å². The summed E-state index contributed by atoms with van der Waals surface area (Å²) in [6.45, 7) is 5.74. The summed E-state index contributed by atoms with van der Waals surface area (Å²) in [4.78, 5) is 14.0. The van der Waals surface area contributed by atoms with E-state index in [1.165, 1.54) is 7.11 Å². The molecule has 1 aliphatic heterocycles. The van der Waals surface area contributed by atoms with Crippen LogP contribution >= 0.6 is 0 Å². The zero-order valence-electron chi connectivity index (χ0n) is 15.9. The largest absolute Gasteiger partial charge is 0.466 e. The lowest BCUT2D eigenvalue weighted by atomic mass is 9.86. The quantitative estimate of drug-likeness (QED) is 0.808. The number of allylic oxidation sites excluding steroid dienone is 3. The Labute approximate surface area is 162 Å². The fraction of sp³-hybridized carbons (Fsp3) is 0.227. The van der Waals surface area contributed by atoms with Crippen molar-refractivity contribution >= 4 is 16.8 Å². The van der Waals surface area contributed by atoms with E-state index in [1.54, 1.807) is 0 Å².